The molecule has 14 rings (SSSR count). The number of azide groups is 1. The molecule has 0 aliphatic rings. The molecule has 0 radical (unpaired) electrons. The highest BCUT2D eigenvalue weighted by Crippen LogP contribution is 2.31. The van der Waals surface area contributed by atoms with Crippen LogP contribution in [-0.4, -0.2) is 108 Å². The van der Waals surface area contributed by atoms with Crippen molar-refractivity contribution < 1.29 is 39.6 Å². The molecule has 24 nitrogen and oxygen atoms in total. The van der Waals surface area contributed by atoms with Gasteiger partial charge < -0.3 is 5.32 Å². The van der Waals surface area contributed by atoms with Crippen LogP contribution in [-0.2, 0) is 20.0 Å². The number of halogens is 8. The first kappa shape index (κ1) is 87.1. The number of aromatic nitrogens is 12. The number of terminal acetylenes is 1. The van der Waals surface area contributed by atoms with E-state index in [1.165, 1.54) is 58.7 Å². The monoisotopic (exact) mass is 1670 g/mol. The van der Waals surface area contributed by atoms with Crippen molar-refractivity contribution in [2.45, 2.75) is 44.4 Å². The molecular weight excluding hydrogens is 1610 g/mol. The number of hydrogen-bond donors (Lipinski definition) is 2. The Kier molecular flexibility index (Phi) is 32.7. The van der Waals surface area contributed by atoms with Crippen molar-refractivity contribution >= 4 is 107 Å². The van der Waals surface area contributed by atoms with Gasteiger partial charge in [0.05, 0.1) is 76.8 Å². The number of aryl methyl sites for hydroxylation is 2. The Labute approximate surface area is 680 Å². The Morgan fingerprint density at radius 1 is 0.526 bits per heavy atom. The fraction of sp³-hybridized carbons (Fsp3) is 0.100. The van der Waals surface area contributed by atoms with Crippen LogP contribution in [0.15, 0.2) is 282 Å². The summed E-state index contributed by atoms with van der Waals surface area (Å²) in [7, 11) is -7.57. The Hall–Kier alpha value is -12.5. The summed E-state index contributed by atoms with van der Waals surface area (Å²) >= 11 is 30.0. The second-order valence-corrected chi connectivity index (χ2v) is 28.6. The summed E-state index contributed by atoms with van der Waals surface area (Å²) in [5, 5.41) is 39.0. The fourth-order valence-electron chi connectivity index (χ4n) is 9.93. The summed E-state index contributed by atoms with van der Waals surface area (Å²) in [5.74, 6) is 1.32. The van der Waals surface area contributed by atoms with Gasteiger partial charge in [-0.2, -0.15) is 33.2 Å². The van der Waals surface area contributed by atoms with Gasteiger partial charge >= 0.3 is 12.1 Å². The quantitative estimate of drug-likeness (QED) is 0.0442. The normalized spacial score (nSPS) is 10.5. The zero-order valence-corrected chi connectivity index (χ0v) is 66.5. The molecule has 2 amide bonds. The van der Waals surface area contributed by atoms with Gasteiger partial charge in [-0.05, 0) is 137 Å². The minimum atomic E-state index is -3.82. The van der Waals surface area contributed by atoms with E-state index in [9.17, 15) is 39.6 Å². The summed E-state index contributed by atoms with van der Waals surface area (Å²) in [5.41, 5.74) is 16.5. The van der Waals surface area contributed by atoms with E-state index in [1.54, 1.807) is 184 Å². The molecule has 2 N–H and O–H groups in total. The van der Waals surface area contributed by atoms with E-state index < -0.39 is 43.7 Å². The number of para-hydroxylation sites is 3. The zero-order valence-electron chi connectivity index (χ0n) is 61.0. The highest BCUT2D eigenvalue weighted by molar-refractivity contribution is 7.90. The third-order valence-corrected chi connectivity index (χ3v) is 19.9. The first-order valence-corrected chi connectivity index (χ1v) is 38.8. The molecule has 4 heterocycles. The minimum absolute atomic E-state index is 0.0101. The molecule has 0 unspecified atom stereocenters. The number of nitrogens with zero attached hydrogens (tertiary/aromatic N) is 16. The van der Waals surface area contributed by atoms with E-state index in [2.05, 4.69) is 67.0 Å². The van der Waals surface area contributed by atoms with E-state index >= 15 is 0 Å². The summed E-state index contributed by atoms with van der Waals surface area (Å²) in [6, 6.07) is 66.6. The lowest BCUT2D eigenvalue weighted by molar-refractivity contribution is 0.244. The number of H-pyrrole nitrogens is 1. The Morgan fingerprint density at radius 3 is 1.42 bits per heavy atom. The highest BCUT2D eigenvalue weighted by atomic mass is 35.5. The number of carbonyl (C=O) groups excluding carboxylic acids is 2. The van der Waals surface area contributed by atoms with Crippen LogP contribution in [0, 0.1) is 43.6 Å². The SMILES string of the molecule is C#Cc1ccccc1Cl.CCN(C(=O)n1cc(-c2ccccc2Cl)nn1)c1ccccc1F.CCN(C(=O)n1nncc1-c1ccccc1Cl)c1ccccc1F.CCNc1ccccc1F.Cc1ccc(S(=O)(=O)N=[N+]=[N-])cc1.Cc1ccc(S(=O)(=O)n2cc(-c3ccccc3Cl)nn2)cc1.Clc1ccccc1-c1cn[nH]n1. The Morgan fingerprint density at radius 2 is 0.965 bits per heavy atom. The van der Waals surface area contributed by atoms with Gasteiger partial charge in [-0.3, -0.25) is 9.80 Å². The molecule has 0 aliphatic carbocycles. The van der Waals surface area contributed by atoms with Crippen LogP contribution in [0.5, 0.6) is 0 Å². The van der Waals surface area contributed by atoms with Crippen molar-refractivity contribution in [2.75, 3.05) is 34.8 Å². The first-order chi connectivity index (χ1) is 54.8. The number of amides is 2. The van der Waals surface area contributed by atoms with Gasteiger partial charge in [0.15, 0.2) is 0 Å². The molecule has 114 heavy (non-hydrogen) atoms. The predicted molar refractivity (Wildman–Crippen MR) is 440 cm³/mol. The van der Waals surface area contributed by atoms with Crippen molar-refractivity contribution in [3.63, 3.8) is 0 Å². The van der Waals surface area contributed by atoms with E-state index in [0.717, 1.165) is 47.9 Å². The molecule has 0 fully saturated rings. The summed E-state index contributed by atoms with van der Waals surface area (Å²) in [6.07, 6.45) is 11.0. The second-order valence-electron chi connectivity index (χ2n) is 23.2. The molecule has 0 aliphatic heterocycles. The third kappa shape index (κ3) is 23.8. The van der Waals surface area contributed by atoms with Gasteiger partial charge in [-0.15, -0.1) is 25.8 Å². The van der Waals surface area contributed by atoms with Crippen LogP contribution in [0.25, 0.3) is 55.5 Å². The average Bonchev–Trinajstić information content (AvgIpc) is 1.65. The van der Waals surface area contributed by atoms with Gasteiger partial charge in [0.25, 0.3) is 20.0 Å². The Bertz CT molecular complexity index is 5880. The van der Waals surface area contributed by atoms with E-state index in [0.29, 0.717) is 71.1 Å². The van der Waals surface area contributed by atoms with Crippen molar-refractivity contribution in [1.29, 1.82) is 0 Å². The van der Waals surface area contributed by atoms with Crippen LogP contribution in [0.4, 0.5) is 39.8 Å². The average molecular weight is 1680 g/mol. The topological polar surface area (TPSA) is 303 Å². The molecule has 4 aromatic heterocycles. The molecule has 0 spiro atoms. The van der Waals surface area contributed by atoms with Crippen molar-refractivity contribution in [3.05, 3.63) is 337 Å². The number of carbonyl (C=O) groups is 2. The molecule has 0 atom stereocenters. The van der Waals surface area contributed by atoms with E-state index in [1.807, 2.05) is 69.3 Å². The number of hydrogen-bond acceptors (Lipinski definition) is 15. The molecule has 10 aromatic carbocycles. The molecule has 14 aromatic rings. The van der Waals surface area contributed by atoms with Crippen LogP contribution < -0.4 is 15.1 Å². The number of nitrogens with one attached hydrogen (secondary N) is 2. The smallest absolute Gasteiger partial charge is 0.351 e. The number of sulfonamides is 1. The van der Waals surface area contributed by atoms with Crippen molar-refractivity contribution in [1.82, 2.24) is 59.8 Å². The highest BCUT2D eigenvalue weighted by Gasteiger charge is 2.26. The van der Waals surface area contributed by atoms with Crippen molar-refractivity contribution in [3.8, 4) is 57.4 Å². The summed E-state index contributed by atoms with van der Waals surface area (Å²) in [6.45, 7) is 10.5. The predicted octanol–water partition coefficient (Wildman–Crippen LogP) is 20.3. The number of rotatable bonds is 14. The summed E-state index contributed by atoms with van der Waals surface area (Å²) in [4.78, 5) is 30.5. The standard InChI is InChI=1S/2C17H14ClFN4O.C15H12ClN3O2S.C8H6ClN3.C8H5Cl.C8H10FN.C7H7N3O2S/c1-2-22(16-10-6-5-9-14(16)19)17(24)23-11-15(20-21-23)12-7-3-4-8-13(12)18;1-2-22(15-10-6-5-9-14(15)19)17(24)23-16(11-20-21-23)12-7-3-4-8-13(12)18;1-11-6-8-12(9-7-11)22(20,21)19-10-15(17-18-19)13-4-2-3-5-14(13)16;9-7-4-2-1-3-6(7)8-5-10-12-11-8;1-2-7-5-3-4-6-8(7)9;1-2-10-8-6-4-3-5-7(8)9;1-6-2-4-7(5-3-6)13(11,12)10-9-8/h2*3-11H,2H2,1H3;2-10H,1H3;1-5H,(H,10,11,12);1,3-6H;3-6,10H,2H2,1H3;2-5H,1H3. The Balaban J connectivity index is 0.000000172. The zero-order chi connectivity index (χ0) is 82.3. The number of benzene rings is 10. The number of anilines is 3. The van der Waals surface area contributed by atoms with Gasteiger partial charge in [0.2, 0.25) is 0 Å². The molecule has 0 bridgehead atoms. The largest absolute Gasteiger partial charge is 0.383 e. The van der Waals surface area contributed by atoms with Crippen LogP contribution in [0.1, 0.15) is 37.5 Å². The minimum Gasteiger partial charge on any atom is -0.383 e. The molecule has 0 saturated carbocycles. The molecular formula is C80H68Cl5F3N18O6S2. The van der Waals surface area contributed by atoms with E-state index in [-0.39, 0.29) is 33.5 Å². The molecule has 34 heteroatoms. The fourth-order valence-corrected chi connectivity index (χ4v) is 12.8. The van der Waals surface area contributed by atoms with E-state index in [4.69, 9.17) is 70.0 Å². The maximum atomic E-state index is 14.1. The van der Waals surface area contributed by atoms with Crippen LogP contribution in [0.2, 0.25) is 25.1 Å². The van der Waals surface area contributed by atoms with Gasteiger partial charge in [-0.1, -0.05) is 236 Å². The third-order valence-electron chi connectivity index (χ3n) is 15.6. The lowest BCUT2D eigenvalue weighted by atomic mass is 10.2. The maximum Gasteiger partial charge on any atom is 0.351 e. The van der Waals surface area contributed by atoms with Crippen LogP contribution in [0.3, 0.4) is 0 Å². The van der Waals surface area contributed by atoms with Crippen LogP contribution >= 0.6 is 58.0 Å². The number of aromatic amines is 1. The maximum absolute atomic E-state index is 14.1. The molecule has 0 saturated heterocycles. The van der Waals surface area contributed by atoms with Gasteiger partial charge in [-0.25, -0.2) is 31.2 Å². The summed E-state index contributed by atoms with van der Waals surface area (Å²) < 4.78 is 93.8. The van der Waals surface area contributed by atoms with Crippen molar-refractivity contribution in [2.24, 2.45) is 4.52 Å². The van der Waals surface area contributed by atoms with Gasteiger partial charge in [0.1, 0.15) is 40.2 Å². The second kappa shape index (κ2) is 42.8. The lowest BCUT2D eigenvalue weighted by Gasteiger charge is -2.21. The van der Waals surface area contributed by atoms with Gasteiger partial charge in [0, 0.05) is 56.9 Å². The molecule has 582 valence electrons. The lowest BCUT2D eigenvalue weighted by Crippen LogP contribution is -2.36. The first-order valence-electron chi connectivity index (χ1n) is 34.0.